The van der Waals surface area contributed by atoms with Crippen molar-refractivity contribution in [2.45, 2.75) is 12.5 Å². The summed E-state index contributed by atoms with van der Waals surface area (Å²) in [4.78, 5) is 18.2. The van der Waals surface area contributed by atoms with Crippen LogP contribution in [0.15, 0.2) is 60.8 Å². The number of nitrogens with one attached hydrogen (secondary N) is 2. The van der Waals surface area contributed by atoms with Gasteiger partial charge in [0.05, 0.1) is 17.9 Å². The van der Waals surface area contributed by atoms with Crippen molar-refractivity contribution in [2.75, 3.05) is 5.32 Å². The number of rotatable bonds is 5. The Balaban J connectivity index is 0.00000169. The highest BCUT2D eigenvalue weighted by Crippen LogP contribution is 2.22. The van der Waals surface area contributed by atoms with Crippen LogP contribution < -0.4 is 11.1 Å². The molecule has 0 aliphatic heterocycles. The third kappa shape index (κ3) is 5.49. The molecule has 1 atom stereocenters. The summed E-state index contributed by atoms with van der Waals surface area (Å²) < 4.78 is 0. The molecule has 0 fully saturated rings. The molecule has 138 valence electrons. The first kappa shape index (κ1) is 21.5. The Kier molecular flexibility index (Phi) is 8.12. The van der Waals surface area contributed by atoms with E-state index < -0.39 is 6.09 Å². The number of nitrogens with zero attached hydrogens (tertiary/aromatic N) is 1. The molecular weight excluding hydrogens is 375 g/mol. The molecule has 8 heteroatoms. The zero-order chi connectivity index (χ0) is 16.9. The molecule has 1 unspecified atom stereocenters. The normalized spacial score (nSPS) is 11.0. The van der Waals surface area contributed by atoms with E-state index in [2.05, 4.69) is 15.3 Å². The van der Waals surface area contributed by atoms with Crippen molar-refractivity contribution in [3.8, 4) is 11.3 Å². The highest BCUT2D eigenvalue weighted by atomic mass is 35.5. The van der Waals surface area contributed by atoms with Crippen molar-refractivity contribution in [2.24, 2.45) is 5.73 Å². The molecule has 0 radical (unpaired) electrons. The van der Waals surface area contributed by atoms with Gasteiger partial charge in [-0.25, -0.2) is 9.78 Å². The molecule has 1 aromatic heterocycles. The molecule has 3 aromatic rings. The number of halogens is 2. The van der Waals surface area contributed by atoms with Crippen LogP contribution in [0.2, 0.25) is 0 Å². The van der Waals surface area contributed by atoms with Gasteiger partial charge in [-0.15, -0.1) is 24.8 Å². The minimum absolute atomic E-state index is 0. The maximum absolute atomic E-state index is 10.6. The standard InChI is InChI=1S/C18H18N4O2.2ClH/c19-15(10-12-4-2-1-3-5-12)17-20-11-16(22-17)13-6-8-14(9-7-13)21-18(23)24;;/h1-9,11,15,21H,10,19H2,(H,20,22)(H,23,24);2*1H. The molecule has 6 nitrogen and oxygen atoms in total. The van der Waals surface area contributed by atoms with E-state index in [-0.39, 0.29) is 30.9 Å². The van der Waals surface area contributed by atoms with Gasteiger partial charge in [0.15, 0.2) is 0 Å². The van der Waals surface area contributed by atoms with Crippen molar-refractivity contribution in [1.29, 1.82) is 0 Å². The van der Waals surface area contributed by atoms with Crippen molar-refractivity contribution in [3.05, 3.63) is 72.2 Å². The van der Waals surface area contributed by atoms with Crippen molar-refractivity contribution >= 4 is 36.6 Å². The fourth-order valence-corrected chi connectivity index (χ4v) is 2.49. The van der Waals surface area contributed by atoms with E-state index in [1.54, 1.807) is 18.3 Å². The first-order chi connectivity index (χ1) is 11.6. The van der Waals surface area contributed by atoms with Crippen LogP contribution in [-0.4, -0.2) is 21.2 Å². The average Bonchev–Trinajstić information content (AvgIpc) is 3.06. The minimum atomic E-state index is -1.08. The third-order valence-corrected chi connectivity index (χ3v) is 3.69. The number of carboxylic acid groups (broad SMARTS) is 1. The highest BCUT2D eigenvalue weighted by Gasteiger charge is 2.12. The summed E-state index contributed by atoms with van der Waals surface area (Å²) in [5.41, 5.74) is 9.66. The molecule has 0 bridgehead atoms. The largest absolute Gasteiger partial charge is 0.465 e. The summed E-state index contributed by atoms with van der Waals surface area (Å²) in [6.45, 7) is 0. The van der Waals surface area contributed by atoms with Gasteiger partial charge in [-0.1, -0.05) is 42.5 Å². The van der Waals surface area contributed by atoms with Gasteiger partial charge < -0.3 is 15.8 Å². The second-order valence-electron chi connectivity index (χ2n) is 5.49. The van der Waals surface area contributed by atoms with E-state index in [0.29, 0.717) is 12.1 Å². The fourth-order valence-electron chi connectivity index (χ4n) is 2.49. The Bertz CT molecular complexity index is 823. The molecule has 0 spiro atoms. The van der Waals surface area contributed by atoms with E-state index in [0.717, 1.165) is 22.6 Å². The third-order valence-electron chi connectivity index (χ3n) is 3.69. The molecule has 3 rings (SSSR count). The maximum Gasteiger partial charge on any atom is 0.409 e. The quantitative estimate of drug-likeness (QED) is 0.518. The van der Waals surface area contributed by atoms with Gasteiger partial charge in [0.1, 0.15) is 5.82 Å². The minimum Gasteiger partial charge on any atom is -0.465 e. The monoisotopic (exact) mass is 394 g/mol. The predicted octanol–water partition coefficient (Wildman–Crippen LogP) is 4.25. The van der Waals surface area contributed by atoms with E-state index in [9.17, 15) is 4.79 Å². The zero-order valence-corrected chi connectivity index (χ0v) is 15.4. The van der Waals surface area contributed by atoms with Crippen LogP contribution in [0.5, 0.6) is 0 Å². The van der Waals surface area contributed by atoms with Gasteiger partial charge in [-0.3, -0.25) is 5.32 Å². The molecule has 26 heavy (non-hydrogen) atoms. The van der Waals surface area contributed by atoms with Gasteiger partial charge in [0, 0.05) is 5.69 Å². The lowest BCUT2D eigenvalue weighted by Gasteiger charge is -2.08. The van der Waals surface area contributed by atoms with E-state index in [1.807, 2.05) is 42.5 Å². The van der Waals surface area contributed by atoms with Gasteiger partial charge >= 0.3 is 6.09 Å². The van der Waals surface area contributed by atoms with Crippen LogP contribution in [0.3, 0.4) is 0 Å². The number of aromatic amines is 1. The number of anilines is 1. The number of nitrogens with two attached hydrogens (primary N) is 1. The van der Waals surface area contributed by atoms with E-state index >= 15 is 0 Å². The number of amides is 1. The first-order valence-electron chi connectivity index (χ1n) is 7.56. The van der Waals surface area contributed by atoms with Crippen LogP contribution in [0, 0.1) is 0 Å². The summed E-state index contributed by atoms with van der Waals surface area (Å²) in [5, 5.41) is 11.0. The Morgan fingerprint density at radius 2 is 1.77 bits per heavy atom. The summed E-state index contributed by atoms with van der Waals surface area (Å²) in [7, 11) is 0. The average molecular weight is 395 g/mol. The van der Waals surface area contributed by atoms with E-state index in [4.69, 9.17) is 10.8 Å². The van der Waals surface area contributed by atoms with E-state index in [1.165, 1.54) is 0 Å². The summed E-state index contributed by atoms with van der Waals surface area (Å²) in [6, 6.07) is 16.9. The van der Waals surface area contributed by atoms with Crippen LogP contribution in [0.25, 0.3) is 11.3 Å². The smallest absolute Gasteiger partial charge is 0.409 e. The fraction of sp³-hybridized carbons (Fsp3) is 0.111. The van der Waals surface area contributed by atoms with Gasteiger partial charge in [-0.2, -0.15) is 0 Å². The van der Waals surface area contributed by atoms with Crippen molar-refractivity contribution in [3.63, 3.8) is 0 Å². The Morgan fingerprint density at radius 1 is 1.12 bits per heavy atom. The first-order valence-corrected chi connectivity index (χ1v) is 7.56. The number of aromatic nitrogens is 2. The van der Waals surface area contributed by atoms with Crippen LogP contribution in [0.4, 0.5) is 10.5 Å². The van der Waals surface area contributed by atoms with Crippen LogP contribution in [0.1, 0.15) is 17.4 Å². The van der Waals surface area contributed by atoms with Gasteiger partial charge in [0.2, 0.25) is 0 Å². The molecule has 5 N–H and O–H groups in total. The molecule has 2 aromatic carbocycles. The molecule has 0 aliphatic carbocycles. The molecular formula is C18H20Cl2N4O2. The number of imidazole rings is 1. The Morgan fingerprint density at radius 3 is 2.38 bits per heavy atom. The SMILES string of the molecule is Cl.Cl.NC(Cc1ccccc1)c1ncc(-c2ccc(NC(=O)O)cc2)[nH]1. The molecule has 1 heterocycles. The second kappa shape index (κ2) is 9.82. The number of hydrogen-bond donors (Lipinski definition) is 4. The summed E-state index contributed by atoms with van der Waals surface area (Å²) in [5.74, 6) is 0.724. The number of benzene rings is 2. The van der Waals surface area contributed by atoms with Gasteiger partial charge in [0.25, 0.3) is 0 Å². The summed E-state index contributed by atoms with van der Waals surface area (Å²) >= 11 is 0. The Labute approximate surface area is 163 Å². The molecule has 1 amide bonds. The molecule has 0 aliphatic rings. The number of carbonyl (C=O) groups is 1. The van der Waals surface area contributed by atoms with Crippen LogP contribution in [-0.2, 0) is 6.42 Å². The number of hydrogen-bond acceptors (Lipinski definition) is 3. The molecule has 0 saturated heterocycles. The van der Waals surface area contributed by atoms with Crippen molar-refractivity contribution in [1.82, 2.24) is 9.97 Å². The van der Waals surface area contributed by atoms with Gasteiger partial charge in [-0.05, 0) is 29.7 Å². The molecule has 0 saturated carbocycles. The lowest BCUT2D eigenvalue weighted by atomic mass is 10.1. The van der Waals surface area contributed by atoms with Crippen molar-refractivity contribution < 1.29 is 9.90 Å². The zero-order valence-electron chi connectivity index (χ0n) is 13.8. The topological polar surface area (TPSA) is 104 Å². The maximum atomic E-state index is 10.6. The summed E-state index contributed by atoms with van der Waals surface area (Å²) in [6.07, 6.45) is 1.35. The lowest BCUT2D eigenvalue weighted by Crippen LogP contribution is -2.14. The number of H-pyrrole nitrogens is 1. The lowest BCUT2D eigenvalue weighted by molar-refractivity contribution is 0.210. The highest BCUT2D eigenvalue weighted by molar-refractivity contribution is 5.85. The predicted molar refractivity (Wildman–Crippen MR) is 107 cm³/mol. The Hall–Kier alpha value is -2.54. The van der Waals surface area contributed by atoms with Crippen LogP contribution >= 0.6 is 24.8 Å². The second-order valence-corrected chi connectivity index (χ2v) is 5.49.